The highest BCUT2D eigenvalue weighted by Gasteiger charge is 1.90. The molecule has 44 valence electrons. The summed E-state index contributed by atoms with van der Waals surface area (Å²) in [6.07, 6.45) is 3.30. The van der Waals surface area contributed by atoms with E-state index in [0.717, 1.165) is 4.48 Å². The van der Waals surface area contributed by atoms with E-state index in [9.17, 15) is 0 Å². The molecule has 0 heterocycles. The van der Waals surface area contributed by atoms with E-state index in [0.29, 0.717) is 5.71 Å². The largest absolute Gasteiger partial charge is 0.300 e. The second-order valence-corrected chi connectivity index (χ2v) is 2.11. The van der Waals surface area contributed by atoms with Crippen LogP contribution in [-0.2, 0) is 0 Å². The molecule has 0 aromatic carbocycles. The van der Waals surface area contributed by atoms with Crippen LogP contribution in [0.1, 0.15) is 6.92 Å². The van der Waals surface area contributed by atoms with Gasteiger partial charge >= 0.3 is 0 Å². The van der Waals surface area contributed by atoms with Gasteiger partial charge in [0.25, 0.3) is 0 Å². The molecule has 1 nitrogen and oxygen atoms in total. The highest BCUT2D eigenvalue weighted by atomic mass is 79.9. The minimum atomic E-state index is 0.424. The molecule has 0 aliphatic heterocycles. The highest BCUT2D eigenvalue weighted by molar-refractivity contribution is 9.12. The monoisotopic (exact) mass is 173 g/mol. The Labute approximate surface area is 57.7 Å². The van der Waals surface area contributed by atoms with Crippen LogP contribution in [0.4, 0.5) is 0 Å². The third-order valence-electron chi connectivity index (χ3n) is 0.715. The van der Waals surface area contributed by atoms with Gasteiger partial charge in [0, 0.05) is 4.48 Å². The van der Waals surface area contributed by atoms with Gasteiger partial charge in [-0.25, -0.2) is 0 Å². The van der Waals surface area contributed by atoms with E-state index in [1.807, 2.05) is 13.0 Å². The molecule has 0 amide bonds. The average Bonchev–Trinajstić information content (AvgIpc) is 1.84. The van der Waals surface area contributed by atoms with Crippen LogP contribution in [0, 0.1) is 5.41 Å². The third kappa shape index (κ3) is 2.07. The van der Waals surface area contributed by atoms with Gasteiger partial charge in [-0.1, -0.05) is 12.7 Å². The first-order chi connectivity index (χ1) is 3.72. The summed E-state index contributed by atoms with van der Waals surface area (Å²) in [4.78, 5) is 0. The van der Waals surface area contributed by atoms with E-state index in [4.69, 9.17) is 5.41 Å². The van der Waals surface area contributed by atoms with Gasteiger partial charge in [-0.2, -0.15) is 0 Å². The summed E-state index contributed by atoms with van der Waals surface area (Å²) in [6.45, 7) is 5.30. The molecule has 0 saturated heterocycles. The molecule has 2 heteroatoms. The van der Waals surface area contributed by atoms with Crippen molar-refractivity contribution in [2.45, 2.75) is 6.92 Å². The van der Waals surface area contributed by atoms with Crippen molar-refractivity contribution >= 4 is 21.6 Å². The van der Waals surface area contributed by atoms with Crippen molar-refractivity contribution < 1.29 is 0 Å². The maximum atomic E-state index is 7.11. The Morgan fingerprint density at radius 2 is 2.25 bits per heavy atom. The van der Waals surface area contributed by atoms with Crippen LogP contribution in [0.5, 0.6) is 0 Å². The Morgan fingerprint density at radius 3 is 2.38 bits per heavy atom. The zero-order valence-corrected chi connectivity index (χ0v) is 6.33. The lowest BCUT2D eigenvalue weighted by molar-refractivity contribution is 1.53. The van der Waals surface area contributed by atoms with Gasteiger partial charge < -0.3 is 0 Å². The van der Waals surface area contributed by atoms with Crippen molar-refractivity contribution in [1.29, 1.82) is 5.41 Å². The summed E-state index contributed by atoms with van der Waals surface area (Å²) in [5, 5.41) is 7.11. The second-order valence-electron chi connectivity index (χ2n) is 1.25. The summed E-state index contributed by atoms with van der Waals surface area (Å²) in [7, 11) is 0. The number of halogens is 1. The van der Waals surface area contributed by atoms with Crippen LogP contribution in [-0.4, -0.2) is 5.71 Å². The molecular weight excluding hydrogens is 166 g/mol. The fourth-order valence-electron chi connectivity index (χ4n) is 0.253. The number of hydrogen-bond donors (Lipinski definition) is 1. The van der Waals surface area contributed by atoms with Crippen molar-refractivity contribution in [3.8, 4) is 0 Å². The summed E-state index contributed by atoms with van der Waals surface area (Å²) < 4.78 is 0.785. The number of hydrogen-bond acceptors (Lipinski definition) is 1. The van der Waals surface area contributed by atoms with E-state index in [2.05, 4.69) is 22.5 Å². The fraction of sp³-hybridized carbons (Fsp3) is 0.167. The Bertz CT molecular complexity index is 135. The second kappa shape index (κ2) is 3.61. The van der Waals surface area contributed by atoms with Crippen molar-refractivity contribution in [2.24, 2.45) is 0 Å². The number of rotatable bonds is 2. The molecule has 0 saturated carbocycles. The molecule has 0 bridgehead atoms. The lowest BCUT2D eigenvalue weighted by Gasteiger charge is -1.89. The minimum Gasteiger partial charge on any atom is -0.300 e. The normalized spacial score (nSPS) is 11.0. The molecule has 0 aromatic heterocycles. The van der Waals surface area contributed by atoms with Crippen LogP contribution < -0.4 is 0 Å². The lowest BCUT2D eigenvalue weighted by Crippen LogP contribution is -1.86. The molecule has 8 heavy (non-hydrogen) atoms. The highest BCUT2D eigenvalue weighted by Crippen LogP contribution is 2.05. The molecule has 0 rings (SSSR count). The minimum absolute atomic E-state index is 0.424. The molecule has 0 unspecified atom stereocenters. The predicted molar refractivity (Wildman–Crippen MR) is 40.6 cm³/mol. The van der Waals surface area contributed by atoms with Crippen molar-refractivity contribution in [3.63, 3.8) is 0 Å². The van der Waals surface area contributed by atoms with E-state index in [1.54, 1.807) is 0 Å². The van der Waals surface area contributed by atoms with Crippen LogP contribution in [0.2, 0.25) is 0 Å². The smallest absolute Gasteiger partial charge is 0.0672 e. The Hall–Kier alpha value is -0.370. The summed E-state index contributed by atoms with van der Waals surface area (Å²) in [5.41, 5.74) is 0.424. The van der Waals surface area contributed by atoms with Crippen LogP contribution in [0.3, 0.4) is 0 Å². The topological polar surface area (TPSA) is 23.9 Å². The van der Waals surface area contributed by atoms with Gasteiger partial charge in [-0.15, -0.1) is 0 Å². The van der Waals surface area contributed by atoms with Crippen molar-refractivity contribution in [1.82, 2.24) is 0 Å². The van der Waals surface area contributed by atoms with Gasteiger partial charge in [0.1, 0.15) is 0 Å². The summed E-state index contributed by atoms with van der Waals surface area (Å²) >= 11 is 3.17. The number of nitrogens with one attached hydrogen (secondary N) is 1. The molecule has 0 aliphatic rings. The van der Waals surface area contributed by atoms with Gasteiger partial charge in [-0.3, -0.25) is 5.41 Å². The molecule has 0 aliphatic carbocycles. The molecular formula is C6H8BrN. The van der Waals surface area contributed by atoms with Crippen LogP contribution >= 0.6 is 15.9 Å². The first-order valence-corrected chi connectivity index (χ1v) is 3.04. The van der Waals surface area contributed by atoms with Crippen LogP contribution in [0.25, 0.3) is 0 Å². The van der Waals surface area contributed by atoms with E-state index in [1.165, 1.54) is 6.08 Å². The average molecular weight is 174 g/mol. The van der Waals surface area contributed by atoms with Crippen molar-refractivity contribution in [3.05, 3.63) is 23.2 Å². The SMILES string of the molecule is C=CC(=N)C(Br)=CC. The van der Waals surface area contributed by atoms with Gasteiger partial charge in [0.2, 0.25) is 0 Å². The van der Waals surface area contributed by atoms with E-state index < -0.39 is 0 Å². The molecule has 0 fully saturated rings. The summed E-state index contributed by atoms with van der Waals surface area (Å²) in [5.74, 6) is 0. The predicted octanol–water partition coefficient (Wildman–Crippen LogP) is 2.49. The quantitative estimate of drug-likeness (QED) is 0.622. The fourth-order valence-corrected chi connectivity index (χ4v) is 0.415. The molecule has 0 spiro atoms. The first-order valence-electron chi connectivity index (χ1n) is 2.25. The number of allylic oxidation sites excluding steroid dienone is 3. The Morgan fingerprint density at radius 1 is 1.75 bits per heavy atom. The van der Waals surface area contributed by atoms with Crippen LogP contribution in [0.15, 0.2) is 23.2 Å². The van der Waals surface area contributed by atoms with Gasteiger partial charge in [-0.05, 0) is 28.9 Å². The Balaban J connectivity index is 4.03. The summed E-state index contributed by atoms with van der Waals surface area (Å²) in [6, 6.07) is 0. The maximum Gasteiger partial charge on any atom is 0.0672 e. The standard InChI is InChI=1S/C6H8BrN/c1-3-5(7)6(8)4-2/h3-4,8H,2H2,1H3. The van der Waals surface area contributed by atoms with Gasteiger partial charge in [0.05, 0.1) is 5.71 Å². The molecule has 0 aromatic rings. The van der Waals surface area contributed by atoms with Crippen molar-refractivity contribution in [2.75, 3.05) is 0 Å². The molecule has 1 N–H and O–H groups in total. The van der Waals surface area contributed by atoms with E-state index in [-0.39, 0.29) is 0 Å². The van der Waals surface area contributed by atoms with E-state index >= 15 is 0 Å². The van der Waals surface area contributed by atoms with Gasteiger partial charge in [0.15, 0.2) is 0 Å². The first kappa shape index (κ1) is 7.63. The Kier molecular flexibility index (Phi) is 3.44. The zero-order valence-electron chi connectivity index (χ0n) is 4.74. The maximum absolute atomic E-state index is 7.11. The third-order valence-corrected chi connectivity index (χ3v) is 1.60. The lowest BCUT2D eigenvalue weighted by atomic mass is 10.3. The zero-order chi connectivity index (χ0) is 6.57. The molecule has 0 radical (unpaired) electrons. The molecule has 0 atom stereocenters.